The van der Waals surface area contributed by atoms with Crippen LogP contribution < -0.4 is 11.0 Å². The molecule has 3 rings (SSSR count). The van der Waals surface area contributed by atoms with Crippen LogP contribution in [0, 0.1) is 0 Å². The van der Waals surface area contributed by atoms with E-state index in [2.05, 4.69) is 10.4 Å². The highest BCUT2D eigenvalue weighted by atomic mass is 32.1. The fraction of sp³-hybridized carbons (Fsp3) is 0.500. The standard InChI is InChI=1S/C14H16F3N5O2S/c1-20-11(14(15,16)17)19-22(13(20)24)9-4-6-21(7-5-9)12(23)18-10-3-2-8-25-10/h2-3,8-9H,4-7H2,1H3,(H,18,23). The largest absolute Gasteiger partial charge is 0.451 e. The normalized spacial score (nSPS) is 16.2. The number of carbonyl (C=O) groups is 1. The number of urea groups is 1. The fourth-order valence-electron chi connectivity index (χ4n) is 2.79. The number of nitrogens with one attached hydrogen (secondary N) is 1. The highest BCUT2D eigenvalue weighted by Crippen LogP contribution is 2.28. The molecule has 0 aliphatic carbocycles. The average Bonchev–Trinajstić information content (AvgIpc) is 3.16. The number of hydrogen-bond acceptors (Lipinski definition) is 4. The van der Waals surface area contributed by atoms with E-state index in [1.807, 2.05) is 11.4 Å². The number of rotatable bonds is 2. The zero-order valence-corrected chi connectivity index (χ0v) is 14.1. The summed E-state index contributed by atoms with van der Waals surface area (Å²) in [5.41, 5.74) is -0.797. The number of piperidine rings is 1. The molecule has 0 atom stereocenters. The summed E-state index contributed by atoms with van der Waals surface area (Å²) < 4.78 is 40.0. The molecule has 2 aromatic rings. The Morgan fingerprint density at radius 2 is 2.04 bits per heavy atom. The first kappa shape index (κ1) is 17.5. The molecule has 1 N–H and O–H groups in total. The highest BCUT2D eigenvalue weighted by Gasteiger charge is 2.39. The van der Waals surface area contributed by atoms with Gasteiger partial charge < -0.3 is 4.90 Å². The van der Waals surface area contributed by atoms with E-state index in [0.29, 0.717) is 30.5 Å². The molecule has 0 unspecified atom stereocenters. The molecule has 2 amide bonds. The molecule has 3 heterocycles. The lowest BCUT2D eigenvalue weighted by molar-refractivity contribution is -0.147. The molecule has 2 aromatic heterocycles. The lowest BCUT2D eigenvalue weighted by Gasteiger charge is -2.31. The van der Waals surface area contributed by atoms with Crippen LogP contribution in [0.25, 0.3) is 0 Å². The summed E-state index contributed by atoms with van der Waals surface area (Å²) in [7, 11) is 1.05. The molecule has 0 bridgehead atoms. The van der Waals surface area contributed by atoms with E-state index in [4.69, 9.17) is 0 Å². The predicted octanol–water partition coefficient (Wildman–Crippen LogP) is 2.53. The molecule has 0 spiro atoms. The van der Waals surface area contributed by atoms with Gasteiger partial charge in [0.05, 0.1) is 11.0 Å². The number of anilines is 1. The molecule has 1 fully saturated rings. The van der Waals surface area contributed by atoms with Gasteiger partial charge >= 0.3 is 17.9 Å². The molecular weight excluding hydrogens is 359 g/mol. The SMILES string of the molecule is Cn1c(C(F)(F)F)nn(C2CCN(C(=O)Nc3cccs3)CC2)c1=O. The Hall–Kier alpha value is -2.30. The van der Waals surface area contributed by atoms with Crippen LogP contribution in [0.5, 0.6) is 0 Å². The smallest absolute Gasteiger partial charge is 0.324 e. The maximum Gasteiger partial charge on any atom is 0.451 e. The molecule has 1 saturated heterocycles. The van der Waals surface area contributed by atoms with E-state index < -0.39 is 23.7 Å². The van der Waals surface area contributed by atoms with Gasteiger partial charge in [0.25, 0.3) is 0 Å². The van der Waals surface area contributed by atoms with Gasteiger partial charge in [0.1, 0.15) is 0 Å². The van der Waals surface area contributed by atoms with E-state index in [9.17, 15) is 22.8 Å². The van der Waals surface area contributed by atoms with Crippen LogP contribution in [0.2, 0.25) is 0 Å². The summed E-state index contributed by atoms with van der Waals surface area (Å²) in [4.78, 5) is 25.8. The van der Waals surface area contributed by atoms with E-state index in [0.717, 1.165) is 16.7 Å². The minimum Gasteiger partial charge on any atom is -0.324 e. The molecule has 0 aromatic carbocycles. The minimum absolute atomic E-state index is 0.259. The second-order valence-electron chi connectivity index (χ2n) is 5.73. The number of aromatic nitrogens is 3. The van der Waals surface area contributed by atoms with Gasteiger partial charge in [-0.2, -0.15) is 13.2 Å². The molecule has 1 aliphatic heterocycles. The average molecular weight is 375 g/mol. The van der Waals surface area contributed by atoms with Crippen LogP contribution in [-0.4, -0.2) is 38.4 Å². The van der Waals surface area contributed by atoms with Crippen molar-refractivity contribution in [2.24, 2.45) is 7.05 Å². The van der Waals surface area contributed by atoms with Crippen LogP contribution in [0.15, 0.2) is 22.3 Å². The van der Waals surface area contributed by atoms with Gasteiger partial charge in [-0.05, 0) is 30.4 Å². The number of hydrogen-bond donors (Lipinski definition) is 1. The fourth-order valence-corrected chi connectivity index (χ4v) is 3.40. The van der Waals surface area contributed by atoms with Crippen LogP contribution in [-0.2, 0) is 13.2 Å². The van der Waals surface area contributed by atoms with Gasteiger partial charge in [-0.3, -0.25) is 9.88 Å². The van der Waals surface area contributed by atoms with Crippen molar-refractivity contribution in [1.82, 2.24) is 19.2 Å². The second kappa shape index (κ2) is 6.54. The van der Waals surface area contributed by atoms with Gasteiger partial charge in [0.15, 0.2) is 0 Å². The van der Waals surface area contributed by atoms with Crippen LogP contribution in [0.3, 0.4) is 0 Å². The van der Waals surface area contributed by atoms with Crippen molar-refractivity contribution >= 4 is 22.4 Å². The van der Waals surface area contributed by atoms with Crippen molar-refractivity contribution in [2.45, 2.75) is 25.1 Å². The van der Waals surface area contributed by atoms with Crippen molar-refractivity contribution in [2.75, 3.05) is 18.4 Å². The lowest BCUT2D eigenvalue weighted by atomic mass is 10.1. The monoisotopic (exact) mass is 375 g/mol. The summed E-state index contributed by atoms with van der Waals surface area (Å²) in [5.74, 6) is -1.21. The number of nitrogens with zero attached hydrogens (tertiary/aromatic N) is 4. The summed E-state index contributed by atoms with van der Waals surface area (Å²) in [6.45, 7) is 0.679. The summed E-state index contributed by atoms with van der Waals surface area (Å²) in [5, 5.41) is 8.78. The van der Waals surface area contributed by atoms with Gasteiger partial charge in [-0.15, -0.1) is 16.4 Å². The Balaban J connectivity index is 1.67. The quantitative estimate of drug-likeness (QED) is 0.877. The van der Waals surface area contributed by atoms with E-state index in [1.165, 1.54) is 11.3 Å². The van der Waals surface area contributed by atoms with E-state index in [-0.39, 0.29) is 6.03 Å². The topological polar surface area (TPSA) is 72.2 Å². The van der Waals surface area contributed by atoms with Crippen LogP contribution in [0.1, 0.15) is 24.7 Å². The van der Waals surface area contributed by atoms with Gasteiger partial charge in [0.2, 0.25) is 5.82 Å². The first-order valence-corrected chi connectivity index (χ1v) is 8.47. The van der Waals surface area contributed by atoms with E-state index in [1.54, 1.807) is 11.0 Å². The van der Waals surface area contributed by atoms with Crippen molar-refractivity contribution in [3.8, 4) is 0 Å². The second-order valence-corrected chi connectivity index (χ2v) is 6.68. The molecule has 11 heteroatoms. The lowest BCUT2D eigenvalue weighted by Crippen LogP contribution is -2.43. The Bertz CT molecular complexity index is 804. The number of alkyl halides is 3. The number of amides is 2. The number of halogens is 3. The third-order valence-corrected chi connectivity index (χ3v) is 4.89. The summed E-state index contributed by atoms with van der Waals surface area (Å²) in [6, 6.07) is 2.88. The molecule has 1 aliphatic rings. The van der Waals surface area contributed by atoms with Crippen molar-refractivity contribution in [1.29, 1.82) is 0 Å². The highest BCUT2D eigenvalue weighted by molar-refractivity contribution is 7.14. The van der Waals surface area contributed by atoms with Crippen molar-refractivity contribution in [3.05, 3.63) is 33.8 Å². The molecular formula is C14H16F3N5O2S. The van der Waals surface area contributed by atoms with Gasteiger partial charge in [-0.1, -0.05) is 0 Å². The number of carbonyl (C=O) groups excluding carboxylic acids is 1. The summed E-state index contributed by atoms with van der Waals surface area (Å²) in [6.07, 6.45) is -3.95. The Morgan fingerprint density at radius 3 is 2.56 bits per heavy atom. The molecule has 0 radical (unpaired) electrons. The Kier molecular flexibility index (Phi) is 4.58. The zero-order chi connectivity index (χ0) is 18.2. The molecule has 136 valence electrons. The predicted molar refractivity (Wildman–Crippen MR) is 85.7 cm³/mol. The molecule has 0 saturated carbocycles. The third kappa shape index (κ3) is 3.55. The van der Waals surface area contributed by atoms with Crippen molar-refractivity contribution < 1.29 is 18.0 Å². The minimum atomic E-state index is -4.68. The maximum absolute atomic E-state index is 12.9. The van der Waals surface area contributed by atoms with Gasteiger partial charge in [0, 0.05) is 20.1 Å². The molecule has 25 heavy (non-hydrogen) atoms. The Labute approximate surface area is 144 Å². The Morgan fingerprint density at radius 1 is 1.36 bits per heavy atom. The first-order chi connectivity index (χ1) is 11.8. The number of thiophene rings is 1. The van der Waals surface area contributed by atoms with Crippen LogP contribution >= 0.6 is 11.3 Å². The third-order valence-electron chi connectivity index (χ3n) is 4.11. The van der Waals surface area contributed by atoms with E-state index >= 15 is 0 Å². The first-order valence-electron chi connectivity index (χ1n) is 7.59. The summed E-state index contributed by atoms with van der Waals surface area (Å²) >= 11 is 1.40. The number of likely N-dealkylation sites (tertiary alicyclic amines) is 1. The van der Waals surface area contributed by atoms with Gasteiger partial charge in [-0.25, -0.2) is 14.3 Å². The maximum atomic E-state index is 12.9. The molecule has 7 nitrogen and oxygen atoms in total. The van der Waals surface area contributed by atoms with Crippen LogP contribution in [0.4, 0.5) is 23.0 Å². The zero-order valence-electron chi connectivity index (χ0n) is 13.3. The van der Waals surface area contributed by atoms with Crippen molar-refractivity contribution in [3.63, 3.8) is 0 Å².